The van der Waals surface area contributed by atoms with Crippen molar-refractivity contribution in [1.82, 2.24) is 4.98 Å². The summed E-state index contributed by atoms with van der Waals surface area (Å²) in [6.45, 7) is 4.12. The van der Waals surface area contributed by atoms with Crippen LogP contribution in [0.5, 0.6) is 0 Å². The Morgan fingerprint density at radius 3 is 2.31 bits per heavy atom. The highest BCUT2D eigenvalue weighted by atomic mass is 35.5. The van der Waals surface area contributed by atoms with E-state index in [1.807, 2.05) is 0 Å². The number of pyridine rings is 1. The number of rotatable bonds is 1. The smallest absolute Gasteiger partial charge is 0.0824 e. The Morgan fingerprint density at radius 1 is 1.06 bits per heavy atom. The van der Waals surface area contributed by atoms with Gasteiger partial charge in [0.1, 0.15) is 0 Å². The number of anilines is 1. The van der Waals surface area contributed by atoms with E-state index in [1.165, 1.54) is 11.1 Å². The van der Waals surface area contributed by atoms with Crippen LogP contribution in [-0.2, 0) is 0 Å². The molecule has 0 saturated heterocycles. The monoisotopic (exact) mass is 232 g/mol. The van der Waals surface area contributed by atoms with Gasteiger partial charge in [-0.2, -0.15) is 0 Å². The van der Waals surface area contributed by atoms with Crippen molar-refractivity contribution in [1.29, 1.82) is 0 Å². The first-order valence-electron chi connectivity index (χ1n) is 5.05. The van der Waals surface area contributed by atoms with Crippen LogP contribution in [0, 0.1) is 13.8 Å². The SMILES string of the molecule is Cc1cc(C)cc(-c2cncc(Cl)c2N)c1. The molecule has 0 bridgehead atoms. The third-order valence-electron chi connectivity index (χ3n) is 2.47. The molecule has 16 heavy (non-hydrogen) atoms. The van der Waals surface area contributed by atoms with E-state index in [9.17, 15) is 0 Å². The first kappa shape index (κ1) is 11.0. The predicted molar refractivity (Wildman–Crippen MR) is 68.6 cm³/mol. The van der Waals surface area contributed by atoms with Crippen molar-refractivity contribution < 1.29 is 0 Å². The lowest BCUT2D eigenvalue weighted by Crippen LogP contribution is -1.93. The summed E-state index contributed by atoms with van der Waals surface area (Å²) in [4.78, 5) is 4.07. The lowest BCUT2D eigenvalue weighted by Gasteiger charge is -2.08. The van der Waals surface area contributed by atoms with Crippen molar-refractivity contribution in [2.45, 2.75) is 13.8 Å². The van der Waals surface area contributed by atoms with Crippen molar-refractivity contribution >= 4 is 17.3 Å². The molecule has 2 aromatic rings. The van der Waals surface area contributed by atoms with Crippen LogP contribution < -0.4 is 5.73 Å². The zero-order chi connectivity index (χ0) is 11.7. The highest BCUT2D eigenvalue weighted by Gasteiger charge is 2.07. The molecular weight excluding hydrogens is 220 g/mol. The highest BCUT2D eigenvalue weighted by molar-refractivity contribution is 6.33. The Bertz CT molecular complexity index is 515. The molecule has 1 aromatic carbocycles. The maximum atomic E-state index is 5.96. The molecule has 0 unspecified atom stereocenters. The molecule has 0 aliphatic carbocycles. The molecule has 0 aliphatic heterocycles. The van der Waals surface area contributed by atoms with Gasteiger partial charge < -0.3 is 5.73 Å². The van der Waals surface area contributed by atoms with Crippen molar-refractivity contribution in [2.24, 2.45) is 0 Å². The molecule has 1 heterocycles. The molecule has 0 atom stereocenters. The fourth-order valence-corrected chi connectivity index (χ4v) is 1.96. The molecular formula is C13H13ClN2. The van der Waals surface area contributed by atoms with Gasteiger partial charge in [0.15, 0.2) is 0 Å². The number of nitrogens with two attached hydrogens (primary N) is 1. The van der Waals surface area contributed by atoms with Crippen molar-refractivity contribution in [3.63, 3.8) is 0 Å². The number of halogens is 1. The molecule has 1 aromatic heterocycles. The van der Waals surface area contributed by atoms with Crippen LogP contribution in [0.25, 0.3) is 11.1 Å². The first-order chi connectivity index (χ1) is 7.58. The Kier molecular flexibility index (Phi) is 2.84. The fourth-order valence-electron chi connectivity index (χ4n) is 1.81. The number of aryl methyl sites for hydroxylation is 2. The standard InChI is InChI=1S/C13H13ClN2/c1-8-3-9(2)5-10(4-8)11-6-16-7-12(14)13(11)15/h3-7H,1-2H3,(H2,15,16). The third-order valence-corrected chi connectivity index (χ3v) is 2.77. The number of benzene rings is 1. The summed E-state index contributed by atoms with van der Waals surface area (Å²) in [6.07, 6.45) is 3.30. The number of aromatic nitrogens is 1. The lowest BCUT2D eigenvalue weighted by molar-refractivity contribution is 1.32. The van der Waals surface area contributed by atoms with Crippen LogP contribution in [0.2, 0.25) is 5.02 Å². The molecule has 0 spiro atoms. The van der Waals surface area contributed by atoms with E-state index in [0.29, 0.717) is 10.7 Å². The quantitative estimate of drug-likeness (QED) is 0.816. The van der Waals surface area contributed by atoms with Crippen molar-refractivity contribution in [3.05, 3.63) is 46.7 Å². The van der Waals surface area contributed by atoms with Gasteiger partial charge in [0.2, 0.25) is 0 Å². The number of hydrogen-bond acceptors (Lipinski definition) is 2. The minimum atomic E-state index is 0.497. The van der Waals surface area contributed by atoms with Crippen molar-refractivity contribution in [2.75, 3.05) is 5.73 Å². The van der Waals surface area contributed by atoms with Gasteiger partial charge in [-0.1, -0.05) is 40.9 Å². The Labute approximate surface area is 100 Å². The summed E-state index contributed by atoms with van der Waals surface area (Å²) in [5, 5.41) is 0.497. The summed E-state index contributed by atoms with van der Waals surface area (Å²) in [5.41, 5.74) is 10.9. The lowest BCUT2D eigenvalue weighted by atomic mass is 10.0. The maximum Gasteiger partial charge on any atom is 0.0824 e. The molecule has 2 rings (SSSR count). The van der Waals surface area contributed by atoms with E-state index < -0.39 is 0 Å². The minimum absolute atomic E-state index is 0.497. The molecule has 2 N–H and O–H groups in total. The molecule has 0 saturated carbocycles. The van der Waals surface area contributed by atoms with Crippen LogP contribution in [0.4, 0.5) is 5.69 Å². The second-order valence-electron chi connectivity index (χ2n) is 3.96. The van der Waals surface area contributed by atoms with Crippen LogP contribution in [0.15, 0.2) is 30.6 Å². The predicted octanol–water partition coefficient (Wildman–Crippen LogP) is 3.60. The summed E-state index contributed by atoms with van der Waals surface area (Å²) in [6, 6.07) is 6.28. The molecule has 0 fully saturated rings. The van der Waals surface area contributed by atoms with Gasteiger partial charge in [0, 0.05) is 18.0 Å². The topological polar surface area (TPSA) is 38.9 Å². The largest absolute Gasteiger partial charge is 0.397 e. The average molecular weight is 233 g/mol. The molecule has 3 heteroatoms. The summed E-state index contributed by atoms with van der Waals surface area (Å²) in [5.74, 6) is 0. The van der Waals surface area contributed by atoms with E-state index in [2.05, 4.69) is 37.0 Å². The third kappa shape index (κ3) is 2.02. The number of nitrogen functional groups attached to an aromatic ring is 1. The van der Waals surface area contributed by atoms with Gasteiger partial charge in [0.05, 0.1) is 10.7 Å². The minimum Gasteiger partial charge on any atom is -0.397 e. The van der Waals surface area contributed by atoms with Gasteiger partial charge in [-0.15, -0.1) is 0 Å². The average Bonchev–Trinajstić information content (AvgIpc) is 2.20. The zero-order valence-corrected chi connectivity index (χ0v) is 10.0. The normalized spacial score (nSPS) is 10.4. The van der Waals surface area contributed by atoms with Crippen molar-refractivity contribution in [3.8, 4) is 11.1 Å². The molecule has 0 radical (unpaired) electrons. The highest BCUT2D eigenvalue weighted by Crippen LogP contribution is 2.31. The molecule has 0 aliphatic rings. The van der Waals surface area contributed by atoms with Crippen LogP contribution in [0.1, 0.15) is 11.1 Å². The summed E-state index contributed by atoms with van der Waals surface area (Å²) < 4.78 is 0. The van der Waals surface area contributed by atoms with E-state index in [0.717, 1.165) is 11.1 Å². The van der Waals surface area contributed by atoms with E-state index in [-0.39, 0.29) is 0 Å². The Morgan fingerprint density at radius 2 is 1.69 bits per heavy atom. The zero-order valence-electron chi connectivity index (χ0n) is 9.29. The van der Waals surface area contributed by atoms with Gasteiger partial charge in [-0.05, 0) is 19.4 Å². The first-order valence-corrected chi connectivity index (χ1v) is 5.43. The Balaban J connectivity index is 2.63. The second-order valence-corrected chi connectivity index (χ2v) is 4.37. The van der Waals surface area contributed by atoms with Gasteiger partial charge in [-0.3, -0.25) is 4.98 Å². The van der Waals surface area contributed by atoms with Gasteiger partial charge >= 0.3 is 0 Å². The van der Waals surface area contributed by atoms with E-state index >= 15 is 0 Å². The second kappa shape index (κ2) is 4.14. The van der Waals surface area contributed by atoms with Crippen LogP contribution in [-0.4, -0.2) is 4.98 Å². The summed E-state index contributed by atoms with van der Waals surface area (Å²) >= 11 is 5.96. The summed E-state index contributed by atoms with van der Waals surface area (Å²) in [7, 11) is 0. The maximum absolute atomic E-state index is 5.96. The molecule has 82 valence electrons. The molecule has 0 amide bonds. The molecule has 2 nitrogen and oxygen atoms in total. The van der Waals surface area contributed by atoms with Gasteiger partial charge in [0.25, 0.3) is 0 Å². The van der Waals surface area contributed by atoms with Crippen LogP contribution >= 0.6 is 11.6 Å². The van der Waals surface area contributed by atoms with E-state index in [4.69, 9.17) is 17.3 Å². The van der Waals surface area contributed by atoms with E-state index in [1.54, 1.807) is 12.4 Å². The fraction of sp³-hybridized carbons (Fsp3) is 0.154. The Hall–Kier alpha value is -1.54. The number of hydrogen-bond donors (Lipinski definition) is 1. The number of nitrogens with zero attached hydrogens (tertiary/aromatic N) is 1. The van der Waals surface area contributed by atoms with Crippen LogP contribution in [0.3, 0.4) is 0 Å². The van der Waals surface area contributed by atoms with Gasteiger partial charge in [-0.25, -0.2) is 0 Å².